The number of allylic oxidation sites excluding steroid dienone is 1. The van der Waals surface area contributed by atoms with Crippen molar-refractivity contribution in [3.8, 4) is 11.5 Å². The number of carbonyl (C=O) groups excluding carboxylic acids is 1. The molecule has 3 heteroatoms. The van der Waals surface area contributed by atoms with Gasteiger partial charge < -0.3 is 9.47 Å². The minimum Gasteiger partial charge on any atom is -0.490 e. The molecule has 0 aromatic heterocycles. The third-order valence-electron chi connectivity index (χ3n) is 3.99. The lowest BCUT2D eigenvalue weighted by Crippen LogP contribution is -2.10. The highest BCUT2D eigenvalue weighted by Crippen LogP contribution is 2.30. The van der Waals surface area contributed by atoms with Crippen molar-refractivity contribution >= 4 is 11.9 Å². The number of hydrogen-bond donors (Lipinski definition) is 0. The van der Waals surface area contributed by atoms with Crippen LogP contribution in [0.4, 0.5) is 0 Å². The van der Waals surface area contributed by atoms with Gasteiger partial charge in [-0.2, -0.15) is 0 Å². The van der Waals surface area contributed by atoms with E-state index in [4.69, 9.17) is 9.47 Å². The summed E-state index contributed by atoms with van der Waals surface area (Å²) in [6, 6.07) is 14.2. The highest BCUT2D eigenvalue weighted by molar-refractivity contribution is 5.91. The monoisotopic (exact) mass is 352 g/mol. The Balaban J connectivity index is 2.11. The quantitative estimate of drug-likeness (QED) is 0.612. The Bertz CT molecular complexity index is 765. The number of hydrogen-bond acceptors (Lipinski definition) is 3. The highest BCUT2D eigenvalue weighted by atomic mass is 16.5. The van der Waals surface area contributed by atoms with E-state index in [2.05, 4.69) is 45.0 Å². The van der Waals surface area contributed by atoms with E-state index < -0.39 is 0 Å². The van der Waals surface area contributed by atoms with Gasteiger partial charge >= 0.3 is 0 Å². The van der Waals surface area contributed by atoms with Crippen molar-refractivity contribution in [1.29, 1.82) is 0 Å². The van der Waals surface area contributed by atoms with E-state index in [1.807, 2.05) is 25.1 Å². The van der Waals surface area contributed by atoms with Gasteiger partial charge in [-0.25, -0.2) is 0 Å². The van der Waals surface area contributed by atoms with E-state index in [0.29, 0.717) is 24.7 Å². The van der Waals surface area contributed by atoms with Crippen LogP contribution in [0.3, 0.4) is 0 Å². The predicted octanol–water partition coefficient (Wildman–Crippen LogP) is 5.56. The van der Waals surface area contributed by atoms with Crippen molar-refractivity contribution in [3.05, 3.63) is 65.2 Å². The largest absolute Gasteiger partial charge is 0.490 e. The van der Waals surface area contributed by atoms with Crippen LogP contribution < -0.4 is 9.47 Å². The van der Waals surface area contributed by atoms with Crippen molar-refractivity contribution in [2.75, 3.05) is 6.61 Å². The molecule has 0 heterocycles. The number of ketones is 1. The molecular formula is C23H28O3. The first-order valence-electron chi connectivity index (χ1n) is 8.97. The van der Waals surface area contributed by atoms with Crippen molar-refractivity contribution < 1.29 is 14.3 Å². The zero-order valence-electron chi connectivity index (χ0n) is 16.3. The van der Waals surface area contributed by atoms with Gasteiger partial charge in [0.05, 0.1) is 6.61 Å². The van der Waals surface area contributed by atoms with E-state index in [1.165, 1.54) is 12.5 Å². The topological polar surface area (TPSA) is 35.5 Å². The maximum absolute atomic E-state index is 11.1. The van der Waals surface area contributed by atoms with E-state index in [1.54, 1.807) is 12.2 Å². The van der Waals surface area contributed by atoms with Gasteiger partial charge in [0.1, 0.15) is 6.61 Å². The van der Waals surface area contributed by atoms with Gasteiger partial charge in [-0.05, 0) is 54.2 Å². The summed E-state index contributed by atoms with van der Waals surface area (Å²) in [5.74, 6) is 1.40. The molecule has 0 N–H and O–H groups in total. The van der Waals surface area contributed by atoms with Crippen LogP contribution in [0.15, 0.2) is 48.5 Å². The molecule has 2 rings (SSSR count). The fraction of sp³-hybridized carbons (Fsp3) is 0.348. The average molecular weight is 352 g/mol. The third-order valence-corrected chi connectivity index (χ3v) is 3.99. The van der Waals surface area contributed by atoms with Crippen LogP contribution >= 0.6 is 0 Å². The molecule has 0 unspecified atom stereocenters. The standard InChI is InChI=1S/C23H28O3/c1-6-25-22-15-18(8-7-17(2)24)11-14-21(22)26-16-19-9-12-20(13-10-19)23(3,4)5/h7-15H,6,16H2,1-5H3/b8-7+. The molecule has 138 valence electrons. The highest BCUT2D eigenvalue weighted by Gasteiger charge is 2.13. The van der Waals surface area contributed by atoms with Crippen LogP contribution in [0.25, 0.3) is 6.08 Å². The maximum Gasteiger partial charge on any atom is 0.161 e. The zero-order valence-corrected chi connectivity index (χ0v) is 16.3. The lowest BCUT2D eigenvalue weighted by molar-refractivity contribution is -0.112. The SMILES string of the molecule is CCOc1cc(/C=C/C(C)=O)ccc1OCc1ccc(C(C)(C)C)cc1. The van der Waals surface area contributed by atoms with Gasteiger partial charge in [0.25, 0.3) is 0 Å². The molecule has 0 saturated carbocycles. The molecular weight excluding hydrogens is 324 g/mol. The van der Waals surface area contributed by atoms with E-state index >= 15 is 0 Å². The van der Waals surface area contributed by atoms with Crippen molar-refractivity contribution in [2.24, 2.45) is 0 Å². The Morgan fingerprint density at radius 2 is 1.69 bits per heavy atom. The Morgan fingerprint density at radius 1 is 1.00 bits per heavy atom. The van der Waals surface area contributed by atoms with Crippen LogP contribution in [0, 0.1) is 0 Å². The van der Waals surface area contributed by atoms with Crippen LogP contribution in [-0.2, 0) is 16.8 Å². The normalized spacial score (nSPS) is 11.6. The Morgan fingerprint density at radius 3 is 2.27 bits per heavy atom. The molecule has 0 bridgehead atoms. The van der Waals surface area contributed by atoms with Gasteiger partial charge in [-0.1, -0.05) is 57.2 Å². The van der Waals surface area contributed by atoms with Gasteiger partial charge in [-0.15, -0.1) is 0 Å². The lowest BCUT2D eigenvalue weighted by Gasteiger charge is -2.19. The molecule has 26 heavy (non-hydrogen) atoms. The second-order valence-electron chi connectivity index (χ2n) is 7.32. The minimum absolute atomic E-state index is 0.0157. The Kier molecular flexibility index (Phi) is 6.62. The molecule has 0 spiro atoms. The molecule has 0 atom stereocenters. The molecule has 0 amide bonds. The van der Waals surface area contributed by atoms with E-state index in [-0.39, 0.29) is 11.2 Å². The lowest BCUT2D eigenvalue weighted by atomic mass is 9.87. The first-order valence-corrected chi connectivity index (χ1v) is 8.97. The second kappa shape index (κ2) is 8.70. The molecule has 3 nitrogen and oxygen atoms in total. The Labute approximate surface area is 156 Å². The predicted molar refractivity (Wildman–Crippen MR) is 107 cm³/mol. The molecule has 0 fully saturated rings. The van der Waals surface area contributed by atoms with Gasteiger partial charge in [0.15, 0.2) is 17.3 Å². The molecule has 2 aromatic rings. The Hall–Kier alpha value is -2.55. The fourth-order valence-corrected chi connectivity index (χ4v) is 2.49. The summed E-state index contributed by atoms with van der Waals surface area (Å²) in [4.78, 5) is 11.1. The number of benzene rings is 2. The van der Waals surface area contributed by atoms with E-state index in [9.17, 15) is 4.79 Å². The summed E-state index contributed by atoms with van der Waals surface area (Å²) in [7, 11) is 0. The molecule has 0 aliphatic carbocycles. The molecule has 0 radical (unpaired) electrons. The molecule has 0 saturated heterocycles. The zero-order chi connectivity index (χ0) is 19.2. The van der Waals surface area contributed by atoms with Crippen molar-refractivity contribution in [3.63, 3.8) is 0 Å². The smallest absolute Gasteiger partial charge is 0.161 e. The molecule has 0 aliphatic heterocycles. The maximum atomic E-state index is 11.1. The molecule has 0 aliphatic rings. The summed E-state index contributed by atoms with van der Waals surface area (Å²) in [5, 5.41) is 0. The summed E-state index contributed by atoms with van der Waals surface area (Å²) in [6.45, 7) is 11.1. The van der Waals surface area contributed by atoms with Crippen LogP contribution in [0.5, 0.6) is 11.5 Å². The summed E-state index contributed by atoms with van der Waals surface area (Å²) in [6.07, 6.45) is 3.32. The third kappa shape index (κ3) is 5.76. The van der Waals surface area contributed by atoms with Crippen molar-refractivity contribution in [2.45, 2.75) is 46.6 Å². The van der Waals surface area contributed by atoms with E-state index in [0.717, 1.165) is 11.1 Å². The number of ether oxygens (including phenoxy) is 2. The number of carbonyl (C=O) groups is 1. The number of rotatable bonds is 7. The van der Waals surface area contributed by atoms with Crippen LogP contribution in [0.2, 0.25) is 0 Å². The first kappa shape index (κ1) is 19.8. The first-order chi connectivity index (χ1) is 12.3. The second-order valence-corrected chi connectivity index (χ2v) is 7.32. The average Bonchev–Trinajstić information content (AvgIpc) is 2.59. The summed E-state index contributed by atoms with van der Waals surface area (Å²) < 4.78 is 11.7. The van der Waals surface area contributed by atoms with Gasteiger partial charge in [0.2, 0.25) is 0 Å². The van der Waals surface area contributed by atoms with Gasteiger partial charge in [0, 0.05) is 0 Å². The van der Waals surface area contributed by atoms with Gasteiger partial charge in [-0.3, -0.25) is 4.79 Å². The fourth-order valence-electron chi connectivity index (χ4n) is 2.49. The minimum atomic E-state index is 0.0157. The van der Waals surface area contributed by atoms with Crippen LogP contribution in [0.1, 0.15) is 51.3 Å². The molecule has 2 aromatic carbocycles. The van der Waals surface area contributed by atoms with Crippen LogP contribution in [-0.4, -0.2) is 12.4 Å². The summed E-state index contributed by atoms with van der Waals surface area (Å²) >= 11 is 0. The van der Waals surface area contributed by atoms with Crippen molar-refractivity contribution in [1.82, 2.24) is 0 Å². The summed E-state index contributed by atoms with van der Waals surface area (Å²) in [5.41, 5.74) is 3.47.